The Labute approximate surface area is 66.4 Å². The molecular weight excluding hydrogens is 142 g/mol. The minimum Gasteiger partial charge on any atom is -0.444 e. The monoisotopic (exact) mass is 155 g/mol. The normalized spacial score (nSPS) is 29.4. The van der Waals surface area contributed by atoms with Gasteiger partial charge in [-0.05, 0) is 12.8 Å². The molecule has 1 N–H and O–H groups in total. The van der Waals surface area contributed by atoms with Crippen LogP contribution in [0.4, 0.5) is 4.79 Å². The predicted molar refractivity (Wildman–Crippen MR) is 42.3 cm³/mol. The number of hydrogen-bond donors (Lipinski definition) is 1. The molecule has 0 aliphatic carbocycles. The van der Waals surface area contributed by atoms with Crippen molar-refractivity contribution in [2.24, 2.45) is 0 Å². The Hall–Kier alpha value is -0.990. The molecule has 11 heavy (non-hydrogen) atoms. The van der Waals surface area contributed by atoms with Crippen LogP contribution in [0, 0.1) is 0 Å². The first-order valence-corrected chi connectivity index (χ1v) is 3.86. The van der Waals surface area contributed by atoms with Crippen LogP contribution in [0.3, 0.4) is 0 Å². The molecule has 3 heteroatoms. The predicted octanol–water partition coefficient (Wildman–Crippen LogP) is 1.45. The molecule has 1 saturated heterocycles. The van der Waals surface area contributed by atoms with Crippen LogP contribution in [0.15, 0.2) is 12.7 Å². The van der Waals surface area contributed by atoms with Gasteiger partial charge < -0.3 is 10.1 Å². The van der Waals surface area contributed by atoms with Crippen molar-refractivity contribution < 1.29 is 9.53 Å². The van der Waals surface area contributed by atoms with E-state index in [-0.39, 0.29) is 18.2 Å². The zero-order valence-corrected chi connectivity index (χ0v) is 6.67. The summed E-state index contributed by atoms with van der Waals surface area (Å²) in [6, 6.07) is 0.130. The summed E-state index contributed by atoms with van der Waals surface area (Å²) in [7, 11) is 0. The standard InChI is InChI=1S/C8H13NO2/c1-3-5-6-7(4-2)11-8(10)9-6/h3,6-7H,1,4-5H2,2H3,(H,9,10). The van der Waals surface area contributed by atoms with Crippen molar-refractivity contribution in [2.75, 3.05) is 0 Å². The number of amides is 1. The van der Waals surface area contributed by atoms with Gasteiger partial charge in [0, 0.05) is 0 Å². The summed E-state index contributed by atoms with van der Waals surface area (Å²) in [5.41, 5.74) is 0. The number of rotatable bonds is 3. The summed E-state index contributed by atoms with van der Waals surface area (Å²) in [4.78, 5) is 10.7. The van der Waals surface area contributed by atoms with Crippen LogP contribution >= 0.6 is 0 Å². The minimum absolute atomic E-state index is 0.0282. The van der Waals surface area contributed by atoms with Crippen molar-refractivity contribution in [3.63, 3.8) is 0 Å². The highest BCUT2D eigenvalue weighted by molar-refractivity contribution is 5.70. The second-order valence-electron chi connectivity index (χ2n) is 2.63. The lowest BCUT2D eigenvalue weighted by molar-refractivity contribution is 0.129. The molecule has 2 atom stereocenters. The Morgan fingerprint density at radius 3 is 3.09 bits per heavy atom. The third-order valence-corrected chi connectivity index (χ3v) is 1.83. The molecule has 0 aromatic heterocycles. The molecular formula is C8H13NO2. The molecule has 2 unspecified atom stereocenters. The van der Waals surface area contributed by atoms with Crippen molar-refractivity contribution in [1.29, 1.82) is 0 Å². The van der Waals surface area contributed by atoms with Gasteiger partial charge >= 0.3 is 6.09 Å². The zero-order valence-electron chi connectivity index (χ0n) is 6.67. The van der Waals surface area contributed by atoms with Gasteiger partial charge in [0.2, 0.25) is 0 Å². The second kappa shape index (κ2) is 3.42. The topological polar surface area (TPSA) is 38.3 Å². The average molecular weight is 155 g/mol. The van der Waals surface area contributed by atoms with Crippen molar-refractivity contribution >= 4 is 6.09 Å². The Balaban J connectivity index is 2.49. The molecule has 62 valence electrons. The summed E-state index contributed by atoms with van der Waals surface area (Å²) < 4.78 is 4.98. The van der Waals surface area contributed by atoms with E-state index in [4.69, 9.17) is 4.74 Å². The Bertz CT molecular complexity index is 167. The van der Waals surface area contributed by atoms with E-state index in [1.54, 1.807) is 6.08 Å². The molecule has 0 bridgehead atoms. The average Bonchev–Trinajstić information content (AvgIpc) is 2.32. The van der Waals surface area contributed by atoms with Gasteiger partial charge in [0.1, 0.15) is 6.10 Å². The smallest absolute Gasteiger partial charge is 0.407 e. The van der Waals surface area contributed by atoms with E-state index in [1.807, 2.05) is 6.92 Å². The number of carbonyl (C=O) groups excluding carboxylic acids is 1. The molecule has 1 heterocycles. The van der Waals surface area contributed by atoms with Gasteiger partial charge in [0.15, 0.2) is 0 Å². The highest BCUT2D eigenvalue weighted by Gasteiger charge is 2.31. The van der Waals surface area contributed by atoms with Crippen molar-refractivity contribution in [3.8, 4) is 0 Å². The lowest BCUT2D eigenvalue weighted by atomic mass is 10.1. The molecule has 3 nitrogen and oxygen atoms in total. The van der Waals surface area contributed by atoms with Gasteiger partial charge in [-0.3, -0.25) is 0 Å². The van der Waals surface area contributed by atoms with Crippen LogP contribution in [0.5, 0.6) is 0 Å². The Kier molecular flexibility index (Phi) is 2.52. The first kappa shape index (κ1) is 8.11. The van der Waals surface area contributed by atoms with E-state index in [0.717, 1.165) is 12.8 Å². The van der Waals surface area contributed by atoms with E-state index in [9.17, 15) is 4.79 Å². The summed E-state index contributed by atoms with van der Waals surface area (Å²) in [6.07, 6.45) is 3.16. The number of alkyl carbamates (subject to hydrolysis) is 1. The fraction of sp³-hybridized carbons (Fsp3) is 0.625. The van der Waals surface area contributed by atoms with Gasteiger partial charge in [0.25, 0.3) is 0 Å². The third kappa shape index (κ3) is 1.73. The molecule has 0 saturated carbocycles. The molecule has 0 aromatic carbocycles. The molecule has 1 aliphatic rings. The van der Waals surface area contributed by atoms with Crippen LogP contribution in [0.2, 0.25) is 0 Å². The van der Waals surface area contributed by atoms with Gasteiger partial charge in [0.05, 0.1) is 6.04 Å². The van der Waals surface area contributed by atoms with Crippen LogP contribution in [0.25, 0.3) is 0 Å². The van der Waals surface area contributed by atoms with E-state index >= 15 is 0 Å². The first-order chi connectivity index (χ1) is 5.27. The van der Waals surface area contributed by atoms with E-state index in [0.29, 0.717) is 0 Å². The summed E-state index contributed by atoms with van der Waals surface area (Å²) in [5.74, 6) is 0. The van der Waals surface area contributed by atoms with Crippen LogP contribution in [-0.4, -0.2) is 18.2 Å². The fourth-order valence-corrected chi connectivity index (χ4v) is 1.26. The maximum Gasteiger partial charge on any atom is 0.407 e. The number of ether oxygens (including phenoxy) is 1. The summed E-state index contributed by atoms with van der Waals surface area (Å²) >= 11 is 0. The molecule has 0 spiro atoms. The van der Waals surface area contributed by atoms with E-state index < -0.39 is 0 Å². The fourth-order valence-electron chi connectivity index (χ4n) is 1.26. The highest BCUT2D eigenvalue weighted by Crippen LogP contribution is 2.14. The second-order valence-corrected chi connectivity index (χ2v) is 2.63. The number of cyclic esters (lactones) is 1. The van der Waals surface area contributed by atoms with Gasteiger partial charge in [-0.15, -0.1) is 6.58 Å². The highest BCUT2D eigenvalue weighted by atomic mass is 16.6. The SMILES string of the molecule is C=CCC1NC(=O)OC1CC. The Morgan fingerprint density at radius 2 is 2.55 bits per heavy atom. The third-order valence-electron chi connectivity index (χ3n) is 1.83. The minimum atomic E-state index is -0.302. The van der Waals surface area contributed by atoms with Crippen LogP contribution in [0.1, 0.15) is 19.8 Å². The maximum atomic E-state index is 10.7. The van der Waals surface area contributed by atoms with Gasteiger partial charge in [-0.25, -0.2) is 4.79 Å². The quantitative estimate of drug-likeness (QED) is 0.626. The van der Waals surface area contributed by atoms with Crippen LogP contribution < -0.4 is 5.32 Å². The number of carbonyl (C=O) groups is 1. The lowest BCUT2D eigenvalue weighted by Crippen LogP contribution is -2.30. The zero-order chi connectivity index (χ0) is 8.27. The van der Waals surface area contributed by atoms with E-state index in [1.165, 1.54) is 0 Å². The Morgan fingerprint density at radius 1 is 1.82 bits per heavy atom. The molecule has 1 rings (SSSR count). The maximum absolute atomic E-state index is 10.7. The van der Waals surface area contributed by atoms with Gasteiger partial charge in [-0.1, -0.05) is 13.0 Å². The summed E-state index contributed by atoms with van der Waals surface area (Å²) in [5, 5.41) is 2.72. The van der Waals surface area contributed by atoms with Crippen LogP contribution in [-0.2, 0) is 4.74 Å². The van der Waals surface area contributed by atoms with E-state index in [2.05, 4.69) is 11.9 Å². The van der Waals surface area contributed by atoms with Crippen molar-refractivity contribution in [1.82, 2.24) is 5.32 Å². The molecule has 0 aromatic rings. The van der Waals surface area contributed by atoms with Crippen molar-refractivity contribution in [3.05, 3.63) is 12.7 Å². The largest absolute Gasteiger partial charge is 0.444 e. The molecule has 0 radical (unpaired) electrons. The summed E-state index contributed by atoms with van der Waals surface area (Å²) in [6.45, 7) is 5.61. The van der Waals surface area contributed by atoms with Crippen molar-refractivity contribution in [2.45, 2.75) is 31.9 Å². The molecule has 1 amide bonds. The molecule has 1 aliphatic heterocycles. The number of hydrogen-bond acceptors (Lipinski definition) is 2. The molecule has 1 fully saturated rings. The lowest BCUT2D eigenvalue weighted by Gasteiger charge is -2.11. The number of nitrogens with one attached hydrogen (secondary N) is 1. The van der Waals surface area contributed by atoms with Gasteiger partial charge in [-0.2, -0.15) is 0 Å². The first-order valence-electron chi connectivity index (χ1n) is 3.86.